The van der Waals surface area contributed by atoms with Crippen molar-refractivity contribution in [2.45, 2.75) is 18.6 Å². The Kier molecular flexibility index (Phi) is 6.34. The van der Waals surface area contributed by atoms with Crippen molar-refractivity contribution < 1.29 is 13.2 Å². The van der Waals surface area contributed by atoms with E-state index >= 15 is 0 Å². The number of benzene rings is 2. The van der Waals surface area contributed by atoms with E-state index in [1.165, 1.54) is 23.5 Å². The molecule has 0 amide bonds. The second-order valence-corrected chi connectivity index (χ2v) is 8.44. The van der Waals surface area contributed by atoms with Crippen LogP contribution in [0.3, 0.4) is 0 Å². The summed E-state index contributed by atoms with van der Waals surface area (Å²) in [6.45, 7) is 0.209. The van der Waals surface area contributed by atoms with E-state index in [1.807, 2.05) is 59.7 Å². The van der Waals surface area contributed by atoms with Crippen LogP contribution in [0.5, 0.6) is 0 Å². The first-order valence-electron chi connectivity index (χ1n) is 10.1. The number of nitrogens with two attached hydrogens (primary N) is 1. The highest BCUT2D eigenvalue weighted by Crippen LogP contribution is 2.36. The molecule has 8 heteroatoms. The zero-order valence-electron chi connectivity index (χ0n) is 17.4. The van der Waals surface area contributed by atoms with Crippen molar-refractivity contribution in [3.63, 3.8) is 0 Å². The van der Waals surface area contributed by atoms with Crippen LogP contribution in [0.4, 0.5) is 18.2 Å². The Morgan fingerprint density at radius 2 is 1.78 bits per heavy atom. The zero-order valence-corrected chi connectivity index (χ0v) is 18.3. The molecular formula is C24H23F3N4S. The van der Waals surface area contributed by atoms with Gasteiger partial charge >= 0.3 is 6.18 Å². The van der Waals surface area contributed by atoms with Gasteiger partial charge in [-0.15, -0.1) is 11.3 Å². The molecule has 0 saturated heterocycles. The number of rotatable bonds is 7. The number of thiophene rings is 1. The van der Waals surface area contributed by atoms with Gasteiger partial charge in [-0.2, -0.15) is 18.3 Å². The van der Waals surface area contributed by atoms with Crippen LogP contribution in [-0.4, -0.2) is 22.4 Å². The van der Waals surface area contributed by atoms with E-state index in [0.29, 0.717) is 0 Å². The van der Waals surface area contributed by atoms with Crippen LogP contribution in [0.25, 0.3) is 22.4 Å². The van der Waals surface area contributed by atoms with Gasteiger partial charge in [0, 0.05) is 36.1 Å². The number of hydrogen-bond donors (Lipinski definition) is 2. The van der Waals surface area contributed by atoms with Crippen LogP contribution in [0.2, 0.25) is 0 Å². The molecule has 32 heavy (non-hydrogen) atoms. The smallest absolute Gasteiger partial charge is 0.373 e. The topological polar surface area (TPSA) is 55.9 Å². The van der Waals surface area contributed by atoms with E-state index in [9.17, 15) is 13.2 Å². The Labute approximate surface area is 188 Å². The minimum Gasteiger partial charge on any atom is -0.373 e. The highest BCUT2D eigenvalue weighted by molar-refractivity contribution is 7.14. The van der Waals surface area contributed by atoms with Gasteiger partial charge in [0.2, 0.25) is 0 Å². The first-order chi connectivity index (χ1) is 15.4. The molecule has 0 saturated carbocycles. The van der Waals surface area contributed by atoms with Gasteiger partial charge in [0.25, 0.3) is 0 Å². The fourth-order valence-corrected chi connectivity index (χ4v) is 4.64. The number of halogens is 3. The van der Waals surface area contributed by atoms with Crippen molar-refractivity contribution in [1.29, 1.82) is 0 Å². The van der Waals surface area contributed by atoms with Crippen LogP contribution in [0.1, 0.15) is 11.1 Å². The molecule has 0 aliphatic rings. The molecule has 0 aliphatic carbocycles. The third kappa shape index (κ3) is 4.71. The monoisotopic (exact) mass is 456 g/mol. The Bertz CT molecular complexity index is 1180. The maximum absolute atomic E-state index is 13.3. The van der Waals surface area contributed by atoms with E-state index in [0.717, 1.165) is 33.5 Å². The Balaban J connectivity index is 1.56. The lowest BCUT2D eigenvalue weighted by atomic mass is 10.00. The molecule has 4 nitrogen and oxygen atoms in total. The van der Waals surface area contributed by atoms with Crippen molar-refractivity contribution >= 4 is 16.3 Å². The minimum atomic E-state index is -4.39. The summed E-state index contributed by atoms with van der Waals surface area (Å²) in [4.78, 5) is 0. The summed E-state index contributed by atoms with van der Waals surface area (Å²) in [5.41, 5.74) is 9.58. The normalized spacial score (nSPS) is 12.7. The van der Waals surface area contributed by atoms with Crippen molar-refractivity contribution in [3.8, 4) is 22.4 Å². The van der Waals surface area contributed by atoms with Crippen LogP contribution >= 0.6 is 11.3 Å². The molecule has 0 spiro atoms. The summed E-state index contributed by atoms with van der Waals surface area (Å²) in [7, 11) is 1.89. The van der Waals surface area contributed by atoms with Crippen molar-refractivity contribution in [2.75, 3.05) is 11.9 Å². The second-order valence-electron chi connectivity index (χ2n) is 7.53. The standard InChI is InChI=1S/C24H23F3N4S/c1-31-23(20(14-29-31)16-7-3-2-4-8-16)18-12-22(32-15-18)30-19(13-28)11-17-9-5-6-10-21(17)24(25,26)27/h2-10,12,14-15,19,30H,11,13,28H2,1H3/t19-/m0/s1. The minimum absolute atomic E-state index is 0.181. The van der Waals surface area contributed by atoms with E-state index in [2.05, 4.69) is 10.4 Å². The first kappa shape index (κ1) is 22.1. The molecule has 0 bridgehead atoms. The van der Waals surface area contributed by atoms with Crippen LogP contribution in [0, 0.1) is 0 Å². The number of nitrogens with zero attached hydrogens (tertiary/aromatic N) is 2. The van der Waals surface area contributed by atoms with Crippen LogP contribution in [-0.2, 0) is 19.6 Å². The number of nitrogens with one attached hydrogen (secondary N) is 1. The molecule has 0 unspecified atom stereocenters. The van der Waals surface area contributed by atoms with Crippen molar-refractivity contribution in [1.82, 2.24) is 9.78 Å². The Hall–Kier alpha value is -3.10. The molecule has 2 heterocycles. The van der Waals surface area contributed by atoms with Gasteiger partial charge in [0.15, 0.2) is 0 Å². The van der Waals surface area contributed by atoms with E-state index < -0.39 is 11.7 Å². The van der Waals surface area contributed by atoms with E-state index in [4.69, 9.17) is 5.73 Å². The molecule has 166 valence electrons. The van der Waals surface area contributed by atoms with Crippen LogP contribution in [0.15, 0.2) is 72.2 Å². The number of anilines is 1. The first-order valence-corrected chi connectivity index (χ1v) is 11.0. The molecular weight excluding hydrogens is 433 g/mol. The summed E-state index contributed by atoms with van der Waals surface area (Å²) in [5.74, 6) is 0. The number of aromatic nitrogens is 2. The molecule has 1 atom stereocenters. The molecule has 4 rings (SSSR count). The van der Waals surface area contributed by atoms with Crippen molar-refractivity contribution in [2.24, 2.45) is 12.8 Å². The van der Waals surface area contributed by atoms with Crippen LogP contribution < -0.4 is 11.1 Å². The fraction of sp³-hybridized carbons (Fsp3) is 0.208. The van der Waals surface area contributed by atoms with Crippen molar-refractivity contribution in [3.05, 3.63) is 83.4 Å². The van der Waals surface area contributed by atoms with Gasteiger partial charge in [-0.05, 0) is 29.7 Å². The Morgan fingerprint density at radius 3 is 2.50 bits per heavy atom. The molecule has 3 N–H and O–H groups in total. The highest BCUT2D eigenvalue weighted by atomic mass is 32.1. The lowest BCUT2D eigenvalue weighted by Gasteiger charge is -2.20. The zero-order chi connectivity index (χ0) is 22.7. The summed E-state index contributed by atoms with van der Waals surface area (Å²) >= 11 is 1.49. The average molecular weight is 457 g/mol. The van der Waals surface area contributed by atoms with Gasteiger partial charge in [0.05, 0.1) is 22.5 Å². The summed E-state index contributed by atoms with van der Waals surface area (Å²) < 4.78 is 41.9. The summed E-state index contributed by atoms with van der Waals surface area (Å²) in [5, 5.41) is 10.6. The molecule has 4 aromatic rings. The predicted molar refractivity (Wildman–Crippen MR) is 124 cm³/mol. The SMILES string of the molecule is Cn1ncc(-c2ccccc2)c1-c1csc(N[C@H](CN)Cc2ccccc2C(F)(F)F)c1. The largest absolute Gasteiger partial charge is 0.416 e. The molecule has 0 radical (unpaired) electrons. The molecule has 2 aromatic carbocycles. The average Bonchev–Trinajstić information content (AvgIpc) is 3.39. The van der Waals surface area contributed by atoms with Gasteiger partial charge in [-0.3, -0.25) is 4.68 Å². The maximum Gasteiger partial charge on any atom is 0.416 e. The molecule has 2 aromatic heterocycles. The quantitative estimate of drug-likeness (QED) is 0.369. The fourth-order valence-electron chi connectivity index (χ4n) is 3.78. The second kappa shape index (κ2) is 9.18. The maximum atomic E-state index is 13.3. The number of hydrogen-bond acceptors (Lipinski definition) is 4. The van der Waals surface area contributed by atoms with E-state index in [-0.39, 0.29) is 24.6 Å². The lowest BCUT2D eigenvalue weighted by Crippen LogP contribution is -2.31. The third-order valence-electron chi connectivity index (χ3n) is 5.32. The molecule has 0 fully saturated rings. The van der Waals surface area contributed by atoms with Gasteiger partial charge in [-0.1, -0.05) is 48.5 Å². The van der Waals surface area contributed by atoms with Gasteiger partial charge < -0.3 is 11.1 Å². The highest BCUT2D eigenvalue weighted by Gasteiger charge is 2.33. The summed E-state index contributed by atoms with van der Waals surface area (Å²) in [6.07, 6.45) is -2.37. The number of aryl methyl sites for hydroxylation is 1. The van der Waals surface area contributed by atoms with Gasteiger partial charge in [0.1, 0.15) is 0 Å². The number of alkyl halides is 3. The van der Waals surface area contributed by atoms with Gasteiger partial charge in [-0.25, -0.2) is 0 Å². The predicted octanol–water partition coefficient (Wildman–Crippen LogP) is 5.82. The Morgan fingerprint density at radius 1 is 1.06 bits per heavy atom. The lowest BCUT2D eigenvalue weighted by molar-refractivity contribution is -0.138. The van der Waals surface area contributed by atoms with E-state index in [1.54, 1.807) is 6.07 Å². The third-order valence-corrected chi connectivity index (χ3v) is 6.18. The molecule has 0 aliphatic heterocycles. The summed E-state index contributed by atoms with van der Waals surface area (Å²) in [6, 6.07) is 17.3.